The first-order chi connectivity index (χ1) is 5.27. The molecule has 0 amide bonds. The van der Waals surface area contributed by atoms with Crippen molar-refractivity contribution in [3.05, 3.63) is 0 Å². The number of nitrogens with zero attached hydrogens (tertiary/aromatic N) is 1. The molecule has 1 heteroatoms. The van der Waals surface area contributed by atoms with Crippen molar-refractivity contribution in [2.75, 3.05) is 20.1 Å². The monoisotopic (exact) mass is 153 g/mol. The maximum Gasteiger partial charge on any atom is 0.00382 e. The maximum absolute atomic E-state index is 2.52. The lowest BCUT2D eigenvalue weighted by molar-refractivity contribution is 0.0901. The molecule has 1 spiro atoms. The van der Waals surface area contributed by atoms with E-state index in [1.165, 1.54) is 38.8 Å². The van der Waals surface area contributed by atoms with E-state index in [0.717, 1.165) is 11.3 Å². The fraction of sp³-hybridized carbons (Fsp3) is 1.00. The summed E-state index contributed by atoms with van der Waals surface area (Å²) in [7, 11) is 2.27. The van der Waals surface area contributed by atoms with Crippen LogP contribution in [0.2, 0.25) is 0 Å². The second-order valence-electron chi connectivity index (χ2n) is 4.52. The van der Waals surface area contributed by atoms with Crippen molar-refractivity contribution < 1.29 is 0 Å². The maximum atomic E-state index is 2.52. The average Bonchev–Trinajstić information content (AvgIpc) is 2.25. The van der Waals surface area contributed by atoms with Crippen LogP contribution >= 0.6 is 0 Å². The molecule has 64 valence electrons. The summed E-state index contributed by atoms with van der Waals surface area (Å²) in [6.45, 7) is 5.09. The van der Waals surface area contributed by atoms with Crippen molar-refractivity contribution in [1.82, 2.24) is 4.90 Å². The number of hydrogen-bond acceptors (Lipinski definition) is 1. The highest BCUT2D eigenvalue weighted by atomic mass is 15.1. The van der Waals surface area contributed by atoms with E-state index < -0.39 is 0 Å². The molecule has 2 fully saturated rings. The van der Waals surface area contributed by atoms with E-state index >= 15 is 0 Å². The Hall–Kier alpha value is -0.0400. The van der Waals surface area contributed by atoms with Crippen LogP contribution in [0.1, 0.15) is 32.6 Å². The molecule has 1 aliphatic heterocycles. The smallest absolute Gasteiger partial charge is 0.00382 e. The first-order valence-electron chi connectivity index (χ1n) is 4.95. The van der Waals surface area contributed by atoms with Gasteiger partial charge in [0, 0.05) is 13.1 Å². The van der Waals surface area contributed by atoms with Crippen LogP contribution in [0.5, 0.6) is 0 Å². The summed E-state index contributed by atoms with van der Waals surface area (Å²) >= 11 is 0. The molecule has 0 radical (unpaired) electrons. The molecule has 1 unspecified atom stereocenters. The van der Waals surface area contributed by atoms with Crippen LogP contribution in [0.4, 0.5) is 0 Å². The van der Waals surface area contributed by atoms with Crippen molar-refractivity contribution in [2.24, 2.45) is 11.3 Å². The van der Waals surface area contributed by atoms with Crippen molar-refractivity contribution in [3.63, 3.8) is 0 Å². The summed E-state index contributed by atoms with van der Waals surface area (Å²) in [6.07, 6.45) is 5.90. The molecule has 1 atom stereocenters. The zero-order valence-corrected chi connectivity index (χ0v) is 7.77. The van der Waals surface area contributed by atoms with Gasteiger partial charge in [-0.3, -0.25) is 0 Å². The first kappa shape index (κ1) is 7.60. The van der Waals surface area contributed by atoms with Gasteiger partial charge in [-0.2, -0.15) is 0 Å². The molecule has 0 bridgehead atoms. The summed E-state index contributed by atoms with van der Waals surface area (Å²) in [4.78, 5) is 2.52. The molecule has 1 aliphatic carbocycles. The quantitative estimate of drug-likeness (QED) is 0.558. The molecular formula is C10H19N. The van der Waals surface area contributed by atoms with Crippen LogP contribution in [-0.2, 0) is 0 Å². The summed E-state index contributed by atoms with van der Waals surface area (Å²) < 4.78 is 0. The van der Waals surface area contributed by atoms with E-state index in [4.69, 9.17) is 0 Å². The number of hydrogen-bond donors (Lipinski definition) is 0. The molecule has 0 aromatic heterocycles. The molecule has 2 rings (SSSR count). The van der Waals surface area contributed by atoms with Gasteiger partial charge in [-0.15, -0.1) is 0 Å². The SMILES string of the molecule is CCC1CN(C)CC12CCC2. The Morgan fingerprint density at radius 2 is 2.18 bits per heavy atom. The Labute approximate surface area is 69.8 Å². The van der Waals surface area contributed by atoms with Crippen molar-refractivity contribution >= 4 is 0 Å². The van der Waals surface area contributed by atoms with Crippen LogP contribution in [0.15, 0.2) is 0 Å². The Kier molecular flexibility index (Phi) is 1.71. The van der Waals surface area contributed by atoms with E-state index in [-0.39, 0.29) is 0 Å². The van der Waals surface area contributed by atoms with E-state index in [1.54, 1.807) is 0 Å². The average molecular weight is 153 g/mol. The molecule has 1 nitrogen and oxygen atoms in total. The number of likely N-dealkylation sites (tertiary alicyclic amines) is 1. The molecule has 0 N–H and O–H groups in total. The van der Waals surface area contributed by atoms with Crippen LogP contribution < -0.4 is 0 Å². The van der Waals surface area contributed by atoms with Gasteiger partial charge in [0.2, 0.25) is 0 Å². The summed E-state index contributed by atoms with van der Waals surface area (Å²) in [5.74, 6) is 1.02. The highest BCUT2D eigenvalue weighted by Gasteiger charge is 2.47. The van der Waals surface area contributed by atoms with Crippen molar-refractivity contribution in [3.8, 4) is 0 Å². The van der Waals surface area contributed by atoms with E-state index in [1.807, 2.05) is 0 Å². The first-order valence-corrected chi connectivity index (χ1v) is 4.95. The molecular weight excluding hydrogens is 134 g/mol. The Balaban J connectivity index is 2.07. The van der Waals surface area contributed by atoms with Crippen LogP contribution in [-0.4, -0.2) is 25.0 Å². The topological polar surface area (TPSA) is 3.24 Å². The van der Waals surface area contributed by atoms with Gasteiger partial charge in [0.25, 0.3) is 0 Å². The zero-order valence-electron chi connectivity index (χ0n) is 7.77. The zero-order chi connectivity index (χ0) is 7.90. The molecule has 2 aliphatic rings. The Morgan fingerprint density at radius 1 is 1.45 bits per heavy atom. The highest BCUT2D eigenvalue weighted by molar-refractivity contribution is 5.00. The highest BCUT2D eigenvalue weighted by Crippen LogP contribution is 2.52. The lowest BCUT2D eigenvalue weighted by atomic mass is 9.62. The minimum atomic E-state index is 0.781. The van der Waals surface area contributed by atoms with E-state index in [0.29, 0.717) is 0 Å². The second kappa shape index (κ2) is 2.48. The third-order valence-electron chi connectivity index (χ3n) is 3.83. The minimum absolute atomic E-state index is 0.781. The molecule has 0 aromatic rings. The summed E-state index contributed by atoms with van der Waals surface area (Å²) in [6, 6.07) is 0. The predicted octanol–water partition coefficient (Wildman–Crippen LogP) is 2.13. The van der Waals surface area contributed by atoms with Gasteiger partial charge in [0.15, 0.2) is 0 Å². The second-order valence-corrected chi connectivity index (χ2v) is 4.52. The molecule has 11 heavy (non-hydrogen) atoms. The van der Waals surface area contributed by atoms with E-state index in [9.17, 15) is 0 Å². The molecule has 1 saturated carbocycles. The van der Waals surface area contributed by atoms with Gasteiger partial charge in [0.05, 0.1) is 0 Å². The predicted molar refractivity (Wildman–Crippen MR) is 47.6 cm³/mol. The van der Waals surface area contributed by atoms with Gasteiger partial charge >= 0.3 is 0 Å². The minimum Gasteiger partial charge on any atom is -0.306 e. The normalized spacial score (nSPS) is 36.0. The largest absolute Gasteiger partial charge is 0.306 e. The van der Waals surface area contributed by atoms with Gasteiger partial charge in [-0.25, -0.2) is 0 Å². The molecule has 1 heterocycles. The van der Waals surface area contributed by atoms with Crippen molar-refractivity contribution in [2.45, 2.75) is 32.6 Å². The lowest BCUT2D eigenvalue weighted by Crippen LogP contribution is -2.36. The third-order valence-corrected chi connectivity index (χ3v) is 3.83. The van der Waals surface area contributed by atoms with Crippen LogP contribution in [0.25, 0.3) is 0 Å². The van der Waals surface area contributed by atoms with Gasteiger partial charge in [0.1, 0.15) is 0 Å². The van der Waals surface area contributed by atoms with Gasteiger partial charge < -0.3 is 4.90 Å². The fourth-order valence-corrected chi connectivity index (χ4v) is 3.06. The standard InChI is InChI=1S/C10H19N/c1-3-9-7-11(2)8-10(9)5-4-6-10/h9H,3-8H2,1-2H3. The number of rotatable bonds is 1. The van der Waals surface area contributed by atoms with Crippen LogP contribution in [0.3, 0.4) is 0 Å². The Morgan fingerprint density at radius 3 is 2.55 bits per heavy atom. The summed E-state index contributed by atoms with van der Waals surface area (Å²) in [5.41, 5.74) is 0.781. The third kappa shape index (κ3) is 1.01. The summed E-state index contributed by atoms with van der Waals surface area (Å²) in [5, 5.41) is 0. The van der Waals surface area contributed by atoms with E-state index in [2.05, 4.69) is 18.9 Å². The molecule has 0 aromatic carbocycles. The van der Waals surface area contributed by atoms with Gasteiger partial charge in [-0.05, 0) is 31.2 Å². The lowest BCUT2D eigenvalue weighted by Gasteiger charge is -2.42. The van der Waals surface area contributed by atoms with Crippen molar-refractivity contribution in [1.29, 1.82) is 0 Å². The van der Waals surface area contributed by atoms with Gasteiger partial charge in [-0.1, -0.05) is 19.8 Å². The fourth-order valence-electron chi connectivity index (χ4n) is 3.06. The molecule has 1 saturated heterocycles. The Bertz CT molecular complexity index is 149. The van der Waals surface area contributed by atoms with Crippen LogP contribution in [0, 0.1) is 11.3 Å².